The van der Waals surface area contributed by atoms with E-state index in [1.54, 1.807) is 13.8 Å². The van der Waals surface area contributed by atoms with Crippen molar-refractivity contribution in [1.29, 1.82) is 0 Å². The highest BCUT2D eigenvalue weighted by atomic mass is 31.2. The Bertz CT molecular complexity index is 107. The van der Waals surface area contributed by atoms with Crippen LogP contribution in [0.4, 0.5) is 0 Å². The van der Waals surface area contributed by atoms with Crippen molar-refractivity contribution >= 4 is 7.52 Å². The highest BCUT2D eigenvalue weighted by molar-refractivity contribution is 7.53. The summed E-state index contributed by atoms with van der Waals surface area (Å²) >= 11 is 0. The van der Waals surface area contributed by atoms with Crippen LogP contribution in [0.1, 0.15) is 13.8 Å². The number of hydrogen-bond acceptors (Lipinski definition) is 2. The van der Waals surface area contributed by atoms with E-state index in [4.69, 9.17) is 0 Å². The Labute approximate surface area is 49.6 Å². The highest BCUT2D eigenvalue weighted by Gasteiger charge is 1.98. The van der Waals surface area contributed by atoms with Crippen molar-refractivity contribution in [1.82, 2.24) is 5.09 Å². The second kappa shape index (κ2) is 2.62. The standard InChI is InChI=1S/C4H12NO2P/c1-4(2)5-8(3,6)7/h4H,1-3H3,(H2,5,6,7)/p-1. The van der Waals surface area contributed by atoms with Crippen LogP contribution in [0, 0.1) is 0 Å². The van der Waals surface area contributed by atoms with Gasteiger partial charge in [0.1, 0.15) is 0 Å². The molecule has 4 heteroatoms. The average Bonchev–Trinajstić information content (AvgIpc) is 1.21. The highest BCUT2D eigenvalue weighted by Crippen LogP contribution is 2.23. The third-order valence-electron chi connectivity index (χ3n) is 0.493. The Hall–Kier alpha value is 0.150. The summed E-state index contributed by atoms with van der Waals surface area (Å²) in [5.74, 6) is 0. The van der Waals surface area contributed by atoms with E-state index in [-0.39, 0.29) is 6.04 Å². The molecule has 0 aliphatic rings. The van der Waals surface area contributed by atoms with E-state index in [9.17, 15) is 9.46 Å². The van der Waals surface area contributed by atoms with E-state index in [1.165, 1.54) is 6.66 Å². The summed E-state index contributed by atoms with van der Waals surface area (Å²) < 4.78 is 10.4. The van der Waals surface area contributed by atoms with Gasteiger partial charge in [-0.2, -0.15) is 0 Å². The lowest BCUT2D eigenvalue weighted by molar-refractivity contribution is -0.176. The fraction of sp³-hybridized carbons (Fsp3) is 1.00. The van der Waals surface area contributed by atoms with E-state index >= 15 is 0 Å². The van der Waals surface area contributed by atoms with Crippen LogP contribution >= 0.6 is 7.52 Å². The van der Waals surface area contributed by atoms with Crippen molar-refractivity contribution in [3.63, 3.8) is 0 Å². The summed E-state index contributed by atoms with van der Waals surface area (Å²) in [5.41, 5.74) is 0. The van der Waals surface area contributed by atoms with Crippen LogP contribution in [0.3, 0.4) is 0 Å². The van der Waals surface area contributed by atoms with Gasteiger partial charge in [0.05, 0.1) is 7.52 Å². The Morgan fingerprint density at radius 3 is 2.00 bits per heavy atom. The van der Waals surface area contributed by atoms with Crippen LogP contribution in [-0.2, 0) is 4.57 Å². The molecular formula is C4H11NO2P-. The molecule has 0 aliphatic carbocycles. The van der Waals surface area contributed by atoms with Crippen molar-refractivity contribution in [2.75, 3.05) is 6.66 Å². The molecular weight excluding hydrogens is 125 g/mol. The third kappa shape index (κ3) is 6.15. The lowest BCUT2D eigenvalue weighted by Crippen LogP contribution is -2.24. The maximum Gasteiger partial charge on any atom is 0.0740 e. The molecule has 0 amide bonds. The maximum absolute atomic E-state index is 10.4. The average molecular weight is 136 g/mol. The summed E-state index contributed by atoms with van der Waals surface area (Å²) in [6, 6.07) is 0.0170. The molecule has 0 saturated carbocycles. The summed E-state index contributed by atoms with van der Waals surface area (Å²) in [6.45, 7) is 4.75. The second-order valence-corrected chi connectivity index (χ2v) is 4.08. The molecule has 0 aromatic carbocycles. The van der Waals surface area contributed by atoms with E-state index in [1.807, 2.05) is 0 Å². The van der Waals surface area contributed by atoms with Gasteiger partial charge in [-0.15, -0.1) is 0 Å². The van der Waals surface area contributed by atoms with Gasteiger partial charge in [-0.3, -0.25) is 5.09 Å². The van der Waals surface area contributed by atoms with Gasteiger partial charge in [0.15, 0.2) is 0 Å². The zero-order valence-electron chi connectivity index (χ0n) is 5.34. The maximum atomic E-state index is 10.4. The summed E-state index contributed by atoms with van der Waals surface area (Å²) in [6.07, 6.45) is 0. The molecule has 0 saturated heterocycles. The zero-order chi connectivity index (χ0) is 6.78. The lowest BCUT2D eigenvalue weighted by atomic mass is 10.4. The fourth-order valence-electron chi connectivity index (χ4n) is 0.469. The fourth-order valence-corrected chi connectivity index (χ4v) is 1.41. The van der Waals surface area contributed by atoms with Crippen molar-refractivity contribution in [2.24, 2.45) is 0 Å². The SMILES string of the molecule is CC(C)NP(C)(=O)[O-]. The molecule has 0 rings (SSSR count). The molecule has 1 unspecified atom stereocenters. The number of hydrogen-bond donors (Lipinski definition) is 1. The van der Waals surface area contributed by atoms with Crippen LogP contribution in [0.25, 0.3) is 0 Å². The minimum absolute atomic E-state index is 0.0170. The first-order chi connectivity index (χ1) is 3.42. The quantitative estimate of drug-likeness (QED) is 0.550. The van der Waals surface area contributed by atoms with Gasteiger partial charge < -0.3 is 9.46 Å². The third-order valence-corrected chi connectivity index (χ3v) is 1.48. The van der Waals surface area contributed by atoms with Crippen LogP contribution in [-0.4, -0.2) is 12.7 Å². The van der Waals surface area contributed by atoms with E-state index < -0.39 is 7.52 Å². The monoisotopic (exact) mass is 136 g/mol. The van der Waals surface area contributed by atoms with Crippen LogP contribution < -0.4 is 9.98 Å². The molecule has 0 bridgehead atoms. The molecule has 50 valence electrons. The predicted octanol–water partition coefficient (Wildman–Crippen LogP) is 0.168. The normalized spacial score (nSPS) is 18.6. The molecule has 8 heavy (non-hydrogen) atoms. The Balaban J connectivity index is 3.56. The summed E-state index contributed by atoms with van der Waals surface area (Å²) in [7, 11) is -3.22. The minimum Gasteiger partial charge on any atom is -0.788 e. The smallest absolute Gasteiger partial charge is 0.0740 e. The first-order valence-electron chi connectivity index (χ1n) is 2.48. The van der Waals surface area contributed by atoms with Gasteiger partial charge in [0.25, 0.3) is 0 Å². The Morgan fingerprint density at radius 2 is 2.00 bits per heavy atom. The summed E-state index contributed by atoms with van der Waals surface area (Å²) in [5, 5.41) is 2.38. The van der Waals surface area contributed by atoms with Gasteiger partial charge >= 0.3 is 0 Å². The van der Waals surface area contributed by atoms with Gasteiger partial charge in [-0.1, -0.05) is 0 Å². The largest absolute Gasteiger partial charge is 0.788 e. The topological polar surface area (TPSA) is 52.2 Å². The molecule has 0 aromatic rings. The van der Waals surface area contributed by atoms with Gasteiger partial charge in [-0.05, 0) is 20.5 Å². The van der Waals surface area contributed by atoms with Crippen molar-refractivity contribution in [2.45, 2.75) is 19.9 Å². The van der Waals surface area contributed by atoms with E-state index in [2.05, 4.69) is 5.09 Å². The zero-order valence-corrected chi connectivity index (χ0v) is 6.24. The number of rotatable bonds is 2. The first-order valence-corrected chi connectivity index (χ1v) is 4.55. The Morgan fingerprint density at radius 1 is 1.62 bits per heavy atom. The second-order valence-electron chi connectivity index (χ2n) is 2.13. The van der Waals surface area contributed by atoms with Gasteiger partial charge in [0.2, 0.25) is 0 Å². The predicted molar refractivity (Wildman–Crippen MR) is 31.8 cm³/mol. The van der Waals surface area contributed by atoms with Crippen molar-refractivity contribution < 1.29 is 9.46 Å². The van der Waals surface area contributed by atoms with E-state index in [0.29, 0.717) is 0 Å². The van der Waals surface area contributed by atoms with Crippen LogP contribution in [0.15, 0.2) is 0 Å². The molecule has 0 fully saturated rings. The Kier molecular flexibility index (Phi) is 2.67. The molecule has 1 N–H and O–H groups in total. The van der Waals surface area contributed by atoms with Crippen LogP contribution in [0.5, 0.6) is 0 Å². The van der Waals surface area contributed by atoms with Gasteiger partial charge in [-0.25, -0.2) is 0 Å². The van der Waals surface area contributed by atoms with Crippen LogP contribution in [0.2, 0.25) is 0 Å². The molecule has 0 spiro atoms. The molecule has 3 nitrogen and oxygen atoms in total. The van der Waals surface area contributed by atoms with Crippen molar-refractivity contribution in [3.05, 3.63) is 0 Å². The first kappa shape index (κ1) is 8.15. The van der Waals surface area contributed by atoms with Gasteiger partial charge in [0, 0.05) is 6.04 Å². The molecule has 0 radical (unpaired) electrons. The molecule has 0 heterocycles. The molecule has 0 aliphatic heterocycles. The minimum atomic E-state index is -3.22. The summed E-state index contributed by atoms with van der Waals surface area (Å²) in [4.78, 5) is 10.4. The lowest BCUT2D eigenvalue weighted by Gasteiger charge is -2.21. The molecule has 0 aromatic heterocycles. The number of nitrogens with one attached hydrogen (secondary N) is 1. The van der Waals surface area contributed by atoms with Crippen molar-refractivity contribution in [3.8, 4) is 0 Å². The van der Waals surface area contributed by atoms with E-state index in [0.717, 1.165) is 0 Å². The molecule has 1 atom stereocenters.